The summed E-state index contributed by atoms with van der Waals surface area (Å²) in [6, 6.07) is 9.17. The highest BCUT2D eigenvalue weighted by Crippen LogP contribution is 2.24. The molecule has 1 atom stereocenters. The van der Waals surface area contributed by atoms with Crippen molar-refractivity contribution in [3.05, 3.63) is 41.7 Å². The third kappa shape index (κ3) is 3.90. The first kappa shape index (κ1) is 20.3. The standard InChI is InChI=1S/C19H26N4O4S/c1-14-18(15(2)21(4)20-14)28(25,26)23-12-10-22(11-13-23)19(24)16(3)27-17-8-6-5-7-9-17/h5-9,16H,10-13H2,1-4H3/t16-/m1/s1. The van der Waals surface area contributed by atoms with Crippen LogP contribution in [0.4, 0.5) is 0 Å². The minimum absolute atomic E-state index is 0.144. The molecule has 9 heteroatoms. The molecule has 0 aliphatic carbocycles. The number of piperazine rings is 1. The van der Waals surface area contributed by atoms with Crippen molar-refractivity contribution in [2.75, 3.05) is 26.2 Å². The van der Waals surface area contributed by atoms with Gasteiger partial charge in [0.05, 0.1) is 11.4 Å². The lowest BCUT2D eigenvalue weighted by Gasteiger charge is -2.35. The lowest BCUT2D eigenvalue weighted by Crippen LogP contribution is -2.53. The monoisotopic (exact) mass is 406 g/mol. The number of carbonyl (C=O) groups excluding carboxylic acids is 1. The summed E-state index contributed by atoms with van der Waals surface area (Å²) in [4.78, 5) is 14.6. The summed E-state index contributed by atoms with van der Waals surface area (Å²) in [7, 11) is -1.91. The van der Waals surface area contributed by atoms with Crippen LogP contribution in [-0.2, 0) is 21.9 Å². The van der Waals surface area contributed by atoms with E-state index in [0.29, 0.717) is 30.2 Å². The Kier molecular flexibility index (Phi) is 5.76. The molecule has 1 amide bonds. The van der Waals surface area contributed by atoms with E-state index in [1.165, 1.54) is 4.31 Å². The number of sulfonamides is 1. The fourth-order valence-electron chi connectivity index (χ4n) is 3.42. The Morgan fingerprint density at radius 2 is 1.71 bits per heavy atom. The van der Waals surface area contributed by atoms with Crippen molar-refractivity contribution in [2.24, 2.45) is 7.05 Å². The van der Waals surface area contributed by atoms with Crippen LogP contribution in [0.25, 0.3) is 0 Å². The van der Waals surface area contributed by atoms with Gasteiger partial charge < -0.3 is 9.64 Å². The van der Waals surface area contributed by atoms with Crippen LogP contribution in [-0.4, -0.2) is 65.6 Å². The van der Waals surface area contributed by atoms with Crippen LogP contribution in [0, 0.1) is 13.8 Å². The van der Waals surface area contributed by atoms with E-state index in [0.717, 1.165) is 0 Å². The van der Waals surface area contributed by atoms with Gasteiger partial charge in [0, 0.05) is 33.2 Å². The average molecular weight is 407 g/mol. The van der Waals surface area contributed by atoms with E-state index in [2.05, 4.69) is 5.10 Å². The Labute approximate surface area is 165 Å². The molecule has 0 unspecified atom stereocenters. The van der Waals surface area contributed by atoms with Gasteiger partial charge in [0.25, 0.3) is 5.91 Å². The predicted octanol–water partition coefficient (Wildman–Crippen LogP) is 1.34. The second kappa shape index (κ2) is 7.92. The molecular weight excluding hydrogens is 380 g/mol. The van der Waals surface area contributed by atoms with Crippen LogP contribution in [0.2, 0.25) is 0 Å². The van der Waals surface area contributed by atoms with E-state index in [1.807, 2.05) is 18.2 Å². The number of para-hydroxylation sites is 1. The minimum Gasteiger partial charge on any atom is -0.481 e. The summed E-state index contributed by atoms with van der Waals surface area (Å²) in [6.07, 6.45) is -0.631. The third-order valence-corrected chi connectivity index (χ3v) is 7.15. The third-order valence-electron chi connectivity index (χ3n) is 4.99. The molecule has 1 aliphatic rings. The van der Waals surface area contributed by atoms with Gasteiger partial charge in [-0.1, -0.05) is 18.2 Å². The molecule has 1 aromatic carbocycles. The van der Waals surface area contributed by atoms with Crippen molar-refractivity contribution < 1.29 is 17.9 Å². The number of carbonyl (C=O) groups is 1. The summed E-state index contributed by atoms with van der Waals surface area (Å²) in [5, 5.41) is 4.21. The molecule has 1 aromatic heterocycles. The van der Waals surface area contributed by atoms with E-state index < -0.39 is 16.1 Å². The zero-order valence-corrected chi connectivity index (χ0v) is 17.4. The molecule has 3 rings (SSSR count). The van der Waals surface area contributed by atoms with Crippen LogP contribution in [0.5, 0.6) is 5.75 Å². The van der Waals surface area contributed by atoms with Gasteiger partial charge in [-0.3, -0.25) is 9.48 Å². The number of hydrogen-bond acceptors (Lipinski definition) is 5. The molecule has 1 saturated heterocycles. The molecule has 28 heavy (non-hydrogen) atoms. The SMILES string of the molecule is Cc1nn(C)c(C)c1S(=O)(=O)N1CCN(C(=O)[C@@H](C)Oc2ccccc2)CC1. The average Bonchev–Trinajstić information content (AvgIpc) is 2.94. The summed E-state index contributed by atoms with van der Waals surface area (Å²) < 4.78 is 34.8. The highest BCUT2D eigenvalue weighted by molar-refractivity contribution is 7.89. The first-order chi connectivity index (χ1) is 13.2. The second-order valence-electron chi connectivity index (χ2n) is 6.93. The van der Waals surface area contributed by atoms with Crippen molar-refractivity contribution >= 4 is 15.9 Å². The maximum Gasteiger partial charge on any atom is 0.263 e. The Bertz CT molecular complexity index is 948. The van der Waals surface area contributed by atoms with E-state index in [4.69, 9.17) is 4.74 Å². The van der Waals surface area contributed by atoms with Crippen LogP contribution in [0.15, 0.2) is 35.2 Å². The first-order valence-electron chi connectivity index (χ1n) is 9.22. The van der Waals surface area contributed by atoms with Gasteiger partial charge in [-0.05, 0) is 32.9 Å². The molecule has 2 heterocycles. The van der Waals surface area contributed by atoms with Gasteiger partial charge in [0.2, 0.25) is 10.0 Å². The molecule has 8 nitrogen and oxygen atoms in total. The molecule has 0 N–H and O–H groups in total. The number of amides is 1. The normalized spacial score (nSPS) is 16.8. The Hall–Kier alpha value is -2.39. The summed E-state index contributed by atoms with van der Waals surface area (Å²) in [6.45, 7) is 6.32. The van der Waals surface area contributed by atoms with Crippen molar-refractivity contribution in [1.82, 2.24) is 19.0 Å². The van der Waals surface area contributed by atoms with Crippen LogP contribution >= 0.6 is 0 Å². The van der Waals surface area contributed by atoms with E-state index in [9.17, 15) is 13.2 Å². The Balaban J connectivity index is 1.64. The smallest absolute Gasteiger partial charge is 0.263 e. The number of nitrogens with zero attached hydrogens (tertiary/aromatic N) is 4. The van der Waals surface area contributed by atoms with Crippen LogP contribution in [0.1, 0.15) is 18.3 Å². The molecule has 0 spiro atoms. The molecule has 1 aliphatic heterocycles. The molecule has 2 aromatic rings. The topological polar surface area (TPSA) is 84.7 Å². The molecule has 0 saturated carbocycles. The first-order valence-corrected chi connectivity index (χ1v) is 10.7. The largest absolute Gasteiger partial charge is 0.481 e. The Morgan fingerprint density at radius 3 is 2.25 bits per heavy atom. The van der Waals surface area contributed by atoms with Crippen LogP contribution in [0.3, 0.4) is 0 Å². The van der Waals surface area contributed by atoms with Crippen molar-refractivity contribution in [1.29, 1.82) is 0 Å². The number of hydrogen-bond donors (Lipinski definition) is 0. The molecule has 152 valence electrons. The second-order valence-corrected chi connectivity index (χ2v) is 8.80. The zero-order valence-electron chi connectivity index (χ0n) is 16.6. The van der Waals surface area contributed by atoms with Gasteiger partial charge >= 0.3 is 0 Å². The van der Waals surface area contributed by atoms with Crippen molar-refractivity contribution in [3.63, 3.8) is 0 Å². The van der Waals surface area contributed by atoms with Gasteiger partial charge in [-0.25, -0.2) is 8.42 Å². The van der Waals surface area contributed by atoms with E-state index >= 15 is 0 Å². The maximum absolute atomic E-state index is 13.0. The number of aryl methyl sites for hydroxylation is 2. The number of ether oxygens (including phenoxy) is 1. The van der Waals surface area contributed by atoms with Gasteiger partial charge in [-0.2, -0.15) is 9.40 Å². The highest BCUT2D eigenvalue weighted by atomic mass is 32.2. The zero-order chi connectivity index (χ0) is 20.5. The van der Waals surface area contributed by atoms with Crippen molar-refractivity contribution in [2.45, 2.75) is 31.8 Å². The summed E-state index contributed by atoms with van der Waals surface area (Å²) in [5.74, 6) is 0.488. The highest BCUT2D eigenvalue weighted by Gasteiger charge is 2.34. The van der Waals surface area contributed by atoms with Crippen molar-refractivity contribution in [3.8, 4) is 5.75 Å². The van der Waals surface area contributed by atoms with Gasteiger partial charge in [-0.15, -0.1) is 0 Å². The van der Waals surface area contributed by atoms with E-state index in [1.54, 1.807) is 49.5 Å². The minimum atomic E-state index is -3.64. The van der Waals surface area contributed by atoms with Gasteiger partial charge in [0.15, 0.2) is 6.10 Å². The van der Waals surface area contributed by atoms with E-state index in [-0.39, 0.29) is 23.9 Å². The number of aromatic nitrogens is 2. The number of rotatable bonds is 5. The predicted molar refractivity (Wildman–Crippen MR) is 105 cm³/mol. The quantitative estimate of drug-likeness (QED) is 0.748. The van der Waals surface area contributed by atoms with Gasteiger partial charge in [0.1, 0.15) is 10.6 Å². The molecular formula is C19H26N4O4S. The van der Waals surface area contributed by atoms with Crippen LogP contribution < -0.4 is 4.74 Å². The maximum atomic E-state index is 13.0. The fraction of sp³-hybridized carbons (Fsp3) is 0.474. The molecule has 0 radical (unpaired) electrons. The number of benzene rings is 1. The summed E-state index contributed by atoms with van der Waals surface area (Å²) >= 11 is 0. The fourth-order valence-corrected chi connectivity index (χ4v) is 5.24. The lowest BCUT2D eigenvalue weighted by molar-refractivity contribution is -0.139. The lowest BCUT2D eigenvalue weighted by atomic mass is 10.3. The Morgan fingerprint density at radius 1 is 1.11 bits per heavy atom. The summed E-state index contributed by atoms with van der Waals surface area (Å²) in [5.41, 5.74) is 1.10. The molecule has 0 bridgehead atoms. The molecule has 1 fully saturated rings.